The number of hydrogen-bond donors (Lipinski definition) is 2. The number of nitrogens with zero attached hydrogens (tertiary/aromatic N) is 4. The smallest absolute Gasteiger partial charge is 0.222 e. The molecule has 146 valence electrons. The van der Waals surface area contributed by atoms with E-state index in [1.54, 1.807) is 25.4 Å². The predicted molar refractivity (Wildman–Crippen MR) is 111 cm³/mol. The minimum absolute atomic E-state index is 0.271. The van der Waals surface area contributed by atoms with Gasteiger partial charge >= 0.3 is 0 Å². The molecule has 1 aliphatic rings. The van der Waals surface area contributed by atoms with Crippen LogP contribution < -0.4 is 10.6 Å². The highest BCUT2D eigenvalue weighted by atomic mass is 19.1. The van der Waals surface area contributed by atoms with Crippen molar-refractivity contribution < 1.29 is 4.39 Å². The van der Waals surface area contributed by atoms with Crippen molar-refractivity contribution in [3.8, 4) is 22.6 Å². The van der Waals surface area contributed by atoms with Gasteiger partial charge in [0.2, 0.25) is 5.95 Å². The van der Waals surface area contributed by atoms with Gasteiger partial charge < -0.3 is 10.6 Å². The Morgan fingerprint density at radius 2 is 1.93 bits per heavy atom. The van der Waals surface area contributed by atoms with E-state index in [9.17, 15) is 4.39 Å². The van der Waals surface area contributed by atoms with Gasteiger partial charge in [-0.2, -0.15) is 0 Å². The zero-order valence-electron chi connectivity index (χ0n) is 16.1. The Kier molecular flexibility index (Phi) is 4.44. The molecule has 1 fully saturated rings. The fourth-order valence-electron chi connectivity index (χ4n) is 3.41. The summed E-state index contributed by atoms with van der Waals surface area (Å²) < 4.78 is 15.5. The van der Waals surface area contributed by atoms with Gasteiger partial charge in [0, 0.05) is 37.6 Å². The molecule has 0 aliphatic heterocycles. The Balaban J connectivity index is 1.66. The molecule has 0 spiro atoms. The highest BCUT2D eigenvalue weighted by molar-refractivity contribution is 5.80. The number of rotatable bonds is 6. The van der Waals surface area contributed by atoms with E-state index in [4.69, 9.17) is 4.98 Å². The second-order valence-corrected chi connectivity index (χ2v) is 7.25. The minimum atomic E-state index is -0.271. The molecule has 1 saturated carbocycles. The zero-order chi connectivity index (χ0) is 19.8. The molecular weight excluding hydrogens is 367 g/mol. The monoisotopic (exact) mass is 388 g/mol. The first-order valence-corrected chi connectivity index (χ1v) is 9.73. The van der Waals surface area contributed by atoms with Crippen LogP contribution in [0.25, 0.3) is 28.3 Å². The SMILES string of the molecule is CNc1nccc(-c2c(-c3ccc(F)cc3)nc3cc(CNC4CC4)ccn23)n1. The van der Waals surface area contributed by atoms with E-state index in [2.05, 4.69) is 32.7 Å². The van der Waals surface area contributed by atoms with Gasteiger partial charge in [0.1, 0.15) is 11.5 Å². The summed E-state index contributed by atoms with van der Waals surface area (Å²) in [5, 5.41) is 6.51. The molecule has 0 radical (unpaired) electrons. The van der Waals surface area contributed by atoms with Crippen molar-refractivity contribution in [2.75, 3.05) is 12.4 Å². The highest BCUT2D eigenvalue weighted by Crippen LogP contribution is 2.32. The van der Waals surface area contributed by atoms with Crippen LogP contribution in [0.2, 0.25) is 0 Å². The molecule has 29 heavy (non-hydrogen) atoms. The summed E-state index contributed by atoms with van der Waals surface area (Å²) in [6, 6.07) is 13.1. The Hall–Kier alpha value is -3.32. The van der Waals surface area contributed by atoms with Gasteiger partial charge in [-0.25, -0.2) is 19.3 Å². The number of aromatic nitrogens is 4. The number of nitrogens with one attached hydrogen (secondary N) is 2. The third-order valence-electron chi connectivity index (χ3n) is 5.10. The van der Waals surface area contributed by atoms with Crippen molar-refractivity contribution in [1.82, 2.24) is 24.7 Å². The third kappa shape index (κ3) is 3.56. The van der Waals surface area contributed by atoms with Crippen molar-refractivity contribution >= 4 is 11.6 Å². The normalized spacial score (nSPS) is 13.7. The molecule has 0 atom stereocenters. The van der Waals surface area contributed by atoms with Crippen molar-refractivity contribution in [2.45, 2.75) is 25.4 Å². The lowest BCUT2D eigenvalue weighted by Gasteiger charge is -2.08. The first kappa shape index (κ1) is 17.8. The lowest BCUT2D eigenvalue weighted by atomic mass is 10.1. The van der Waals surface area contributed by atoms with Crippen LogP contribution in [0.5, 0.6) is 0 Å². The Morgan fingerprint density at radius 3 is 2.69 bits per heavy atom. The molecule has 3 heterocycles. The second kappa shape index (κ2) is 7.25. The first-order chi connectivity index (χ1) is 14.2. The number of pyridine rings is 1. The average molecular weight is 388 g/mol. The maximum Gasteiger partial charge on any atom is 0.222 e. The molecule has 1 aliphatic carbocycles. The Bertz CT molecular complexity index is 1160. The fourth-order valence-corrected chi connectivity index (χ4v) is 3.41. The van der Waals surface area contributed by atoms with Crippen LogP contribution in [0.3, 0.4) is 0 Å². The summed E-state index contributed by atoms with van der Waals surface area (Å²) in [5.41, 5.74) is 5.22. The largest absolute Gasteiger partial charge is 0.357 e. The van der Waals surface area contributed by atoms with Gasteiger partial charge in [-0.05, 0) is 60.9 Å². The molecule has 3 aromatic heterocycles. The summed E-state index contributed by atoms with van der Waals surface area (Å²) >= 11 is 0. The number of halogens is 1. The van der Waals surface area contributed by atoms with E-state index in [1.165, 1.54) is 30.5 Å². The zero-order valence-corrected chi connectivity index (χ0v) is 16.1. The summed E-state index contributed by atoms with van der Waals surface area (Å²) in [5.74, 6) is 0.264. The van der Waals surface area contributed by atoms with E-state index >= 15 is 0 Å². The van der Waals surface area contributed by atoms with Crippen LogP contribution in [-0.2, 0) is 6.54 Å². The molecule has 0 unspecified atom stereocenters. The van der Waals surface area contributed by atoms with E-state index < -0.39 is 0 Å². The minimum Gasteiger partial charge on any atom is -0.357 e. The third-order valence-corrected chi connectivity index (χ3v) is 5.10. The van der Waals surface area contributed by atoms with Gasteiger partial charge in [0.15, 0.2) is 0 Å². The maximum atomic E-state index is 13.5. The Labute approximate surface area is 167 Å². The topological polar surface area (TPSA) is 67.1 Å². The number of hydrogen-bond acceptors (Lipinski definition) is 5. The van der Waals surface area contributed by atoms with Crippen LogP contribution in [-0.4, -0.2) is 32.4 Å². The lowest BCUT2D eigenvalue weighted by molar-refractivity contribution is 0.628. The molecule has 6 nitrogen and oxygen atoms in total. The summed E-state index contributed by atoms with van der Waals surface area (Å²) in [4.78, 5) is 13.7. The molecule has 4 aromatic rings. The predicted octanol–water partition coefficient (Wildman–Crippen LogP) is 3.89. The van der Waals surface area contributed by atoms with E-state index in [-0.39, 0.29) is 5.82 Å². The molecule has 1 aromatic carbocycles. The number of fused-ring (bicyclic) bond motifs is 1. The maximum absolute atomic E-state index is 13.5. The van der Waals surface area contributed by atoms with Gasteiger partial charge in [-0.3, -0.25) is 4.40 Å². The van der Waals surface area contributed by atoms with E-state index in [0.29, 0.717) is 12.0 Å². The van der Waals surface area contributed by atoms with Gasteiger partial charge in [-0.1, -0.05) is 0 Å². The quantitative estimate of drug-likeness (QED) is 0.525. The molecular formula is C22H21FN6. The van der Waals surface area contributed by atoms with Crippen LogP contribution in [0, 0.1) is 5.82 Å². The Morgan fingerprint density at radius 1 is 1.10 bits per heavy atom. The highest BCUT2D eigenvalue weighted by Gasteiger charge is 2.21. The van der Waals surface area contributed by atoms with Gasteiger partial charge in [0.25, 0.3) is 0 Å². The van der Waals surface area contributed by atoms with Gasteiger partial charge in [0.05, 0.1) is 17.1 Å². The molecule has 0 amide bonds. The standard InChI is InChI=1S/C22H21FN6/c1-24-22-25-10-8-18(27-22)21-20(15-2-4-16(23)5-3-15)28-19-12-14(9-11-29(19)21)13-26-17-6-7-17/h2-5,8-12,17,26H,6-7,13H2,1H3,(H,24,25,27). The van der Waals surface area contributed by atoms with Crippen molar-refractivity contribution in [1.29, 1.82) is 0 Å². The van der Waals surface area contributed by atoms with E-state index in [0.717, 1.165) is 34.8 Å². The molecule has 5 rings (SSSR count). The summed E-state index contributed by atoms with van der Waals surface area (Å²) in [6.07, 6.45) is 6.25. The number of anilines is 1. The summed E-state index contributed by atoms with van der Waals surface area (Å²) in [6.45, 7) is 0.826. The van der Waals surface area contributed by atoms with Crippen molar-refractivity contribution in [3.63, 3.8) is 0 Å². The average Bonchev–Trinajstić information content (AvgIpc) is 3.51. The van der Waals surface area contributed by atoms with Crippen molar-refractivity contribution in [2.24, 2.45) is 0 Å². The van der Waals surface area contributed by atoms with Crippen LogP contribution in [0.15, 0.2) is 54.9 Å². The summed E-state index contributed by atoms with van der Waals surface area (Å²) in [7, 11) is 1.79. The first-order valence-electron chi connectivity index (χ1n) is 9.73. The van der Waals surface area contributed by atoms with Crippen molar-refractivity contribution in [3.05, 3.63) is 66.2 Å². The van der Waals surface area contributed by atoms with Gasteiger partial charge in [-0.15, -0.1) is 0 Å². The molecule has 0 bridgehead atoms. The molecule has 0 saturated heterocycles. The second-order valence-electron chi connectivity index (χ2n) is 7.25. The van der Waals surface area contributed by atoms with E-state index in [1.807, 2.05) is 16.7 Å². The number of benzene rings is 1. The molecule has 2 N–H and O–H groups in total. The lowest BCUT2D eigenvalue weighted by Crippen LogP contribution is -2.15. The van der Waals surface area contributed by atoms with Crippen LogP contribution in [0.4, 0.5) is 10.3 Å². The fraction of sp³-hybridized carbons (Fsp3) is 0.227. The number of imidazole rings is 1. The van der Waals surface area contributed by atoms with Crippen LogP contribution in [0.1, 0.15) is 18.4 Å². The molecule has 7 heteroatoms. The van der Waals surface area contributed by atoms with Crippen LogP contribution >= 0.6 is 0 Å².